The number of aliphatic imine (C=N–C) groups is 1. The maximum atomic E-state index is 5.38. The van der Waals surface area contributed by atoms with Crippen LogP contribution in [-0.2, 0) is 0 Å². The zero-order valence-electron chi connectivity index (χ0n) is 5.72. The number of allylic oxidation sites excluding steroid dienone is 1. The van der Waals surface area contributed by atoms with Crippen molar-refractivity contribution in [2.75, 3.05) is 6.54 Å². The van der Waals surface area contributed by atoms with Gasteiger partial charge in [-0.05, 0) is 25.5 Å². The lowest BCUT2D eigenvalue weighted by atomic mass is 10.1. The molecule has 1 aliphatic heterocycles. The van der Waals surface area contributed by atoms with E-state index in [1.165, 1.54) is 11.3 Å². The molecule has 9 heavy (non-hydrogen) atoms. The van der Waals surface area contributed by atoms with Crippen LogP contribution in [0.3, 0.4) is 0 Å². The zero-order valence-corrected chi connectivity index (χ0v) is 5.72. The van der Waals surface area contributed by atoms with Crippen molar-refractivity contribution in [3.8, 4) is 0 Å². The van der Waals surface area contributed by atoms with Gasteiger partial charge in [-0.1, -0.05) is 0 Å². The average molecular weight is 124 g/mol. The van der Waals surface area contributed by atoms with Crippen molar-refractivity contribution >= 4 is 6.21 Å². The van der Waals surface area contributed by atoms with E-state index >= 15 is 0 Å². The SMILES string of the molecule is CC1=C(CCN)CC=N1. The molecule has 50 valence electrons. The van der Waals surface area contributed by atoms with Gasteiger partial charge in [-0.3, -0.25) is 4.99 Å². The topological polar surface area (TPSA) is 38.4 Å². The van der Waals surface area contributed by atoms with E-state index < -0.39 is 0 Å². The molecule has 0 amide bonds. The quantitative estimate of drug-likeness (QED) is 0.587. The van der Waals surface area contributed by atoms with E-state index in [0.717, 1.165) is 19.4 Å². The Bertz CT molecular complexity index is 156. The van der Waals surface area contributed by atoms with Crippen molar-refractivity contribution < 1.29 is 0 Å². The third kappa shape index (κ3) is 1.39. The van der Waals surface area contributed by atoms with Gasteiger partial charge in [-0.2, -0.15) is 0 Å². The first-order valence-corrected chi connectivity index (χ1v) is 3.26. The van der Waals surface area contributed by atoms with Gasteiger partial charge in [0, 0.05) is 18.3 Å². The normalized spacial score (nSPS) is 17.6. The Kier molecular flexibility index (Phi) is 2.01. The smallest absolute Gasteiger partial charge is 0.0365 e. The molecule has 0 saturated carbocycles. The van der Waals surface area contributed by atoms with Gasteiger partial charge in [0.2, 0.25) is 0 Å². The maximum absolute atomic E-state index is 5.38. The van der Waals surface area contributed by atoms with Crippen molar-refractivity contribution in [2.45, 2.75) is 19.8 Å². The Morgan fingerprint density at radius 3 is 3.00 bits per heavy atom. The summed E-state index contributed by atoms with van der Waals surface area (Å²) in [7, 11) is 0. The van der Waals surface area contributed by atoms with Gasteiger partial charge >= 0.3 is 0 Å². The first-order valence-electron chi connectivity index (χ1n) is 3.26. The van der Waals surface area contributed by atoms with E-state index in [1.807, 2.05) is 13.1 Å². The van der Waals surface area contributed by atoms with E-state index in [9.17, 15) is 0 Å². The summed E-state index contributed by atoms with van der Waals surface area (Å²) in [5.41, 5.74) is 7.95. The van der Waals surface area contributed by atoms with Gasteiger partial charge in [-0.25, -0.2) is 0 Å². The molecule has 0 unspecified atom stereocenters. The van der Waals surface area contributed by atoms with Crippen molar-refractivity contribution in [1.29, 1.82) is 0 Å². The molecule has 2 N–H and O–H groups in total. The predicted octanol–water partition coefficient (Wildman–Crippen LogP) is 1.08. The van der Waals surface area contributed by atoms with Gasteiger partial charge < -0.3 is 5.73 Å². The minimum atomic E-state index is 0.746. The molecule has 1 heterocycles. The summed E-state index contributed by atoms with van der Waals surface area (Å²) in [5, 5.41) is 0. The maximum Gasteiger partial charge on any atom is 0.0365 e. The molecule has 0 aromatic heterocycles. The monoisotopic (exact) mass is 124 g/mol. The minimum absolute atomic E-state index is 0.746. The standard InChI is InChI=1S/C7H12N2/c1-6-7(2-4-8)3-5-9-6/h5H,2-4,8H2,1H3. The number of rotatable bonds is 2. The van der Waals surface area contributed by atoms with Gasteiger partial charge in [0.1, 0.15) is 0 Å². The molecule has 0 aromatic carbocycles. The fraction of sp³-hybridized carbons (Fsp3) is 0.571. The summed E-state index contributed by atoms with van der Waals surface area (Å²) in [4.78, 5) is 4.14. The van der Waals surface area contributed by atoms with Crippen LogP contribution < -0.4 is 5.73 Å². The van der Waals surface area contributed by atoms with Crippen LogP contribution in [0.4, 0.5) is 0 Å². The molecule has 1 rings (SSSR count). The zero-order chi connectivity index (χ0) is 6.69. The van der Waals surface area contributed by atoms with Crippen LogP contribution in [0.5, 0.6) is 0 Å². The molecule has 0 spiro atoms. The molecule has 0 aromatic rings. The predicted molar refractivity (Wildman–Crippen MR) is 39.5 cm³/mol. The van der Waals surface area contributed by atoms with E-state index in [0.29, 0.717) is 0 Å². The first-order chi connectivity index (χ1) is 4.34. The fourth-order valence-electron chi connectivity index (χ4n) is 0.989. The summed E-state index contributed by atoms with van der Waals surface area (Å²) in [6.07, 6.45) is 3.97. The van der Waals surface area contributed by atoms with Gasteiger partial charge in [0.05, 0.1) is 0 Å². The second-order valence-electron chi connectivity index (χ2n) is 2.24. The third-order valence-electron chi connectivity index (χ3n) is 1.58. The van der Waals surface area contributed by atoms with E-state index in [-0.39, 0.29) is 0 Å². The molecule has 1 aliphatic rings. The van der Waals surface area contributed by atoms with E-state index in [2.05, 4.69) is 4.99 Å². The highest BCUT2D eigenvalue weighted by atomic mass is 14.7. The van der Waals surface area contributed by atoms with Gasteiger partial charge in [-0.15, -0.1) is 0 Å². The number of hydrogen-bond acceptors (Lipinski definition) is 2. The van der Waals surface area contributed by atoms with Crippen molar-refractivity contribution in [2.24, 2.45) is 10.7 Å². The highest BCUT2D eigenvalue weighted by Crippen LogP contribution is 2.17. The minimum Gasteiger partial charge on any atom is -0.330 e. The highest BCUT2D eigenvalue weighted by molar-refractivity contribution is 5.66. The summed E-state index contributed by atoms with van der Waals surface area (Å²) in [6.45, 7) is 2.78. The summed E-state index contributed by atoms with van der Waals surface area (Å²) >= 11 is 0. The number of nitrogens with zero attached hydrogens (tertiary/aromatic N) is 1. The molecule has 2 nitrogen and oxygen atoms in total. The molecule has 0 atom stereocenters. The van der Waals surface area contributed by atoms with Crippen LogP contribution in [0.1, 0.15) is 19.8 Å². The van der Waals surface area contributed by atoms with Gasteiger partial charge in [0.15, 0.2) is 0 Å². The Labute approximate surface area is 55.5 Å². The van der Waals surface area contributed by atoms with Crippen molar-refractivity contribution in [1.82, 2.24) is 0 Å². The lowest BCUT2D eigenvalue weighted by Crippen LogP contribution is -2.00. The summed E-state index contributed by atoms with van der Waals surface area (Å²) in [6, 6.07) is 0. The van der Waals surface area contributed by atoms with Crippen LogP contribution in [0, 0.1) is 0 Å². The fourth-order valence-corrected chi connectivity index (χ4v) is 0.989. The molecule has 0 bridgehead atoms. The molecule has 0 saturated heterocycles. The summed E-state index contributed by atoms with van der Waals surface area (Å²) < 4.78 is 0. The number of hydrogen-bond donors (Lipinski definition) is 1. The van der Waals surface area contributed by atoms with Crippen LogP contribution in [0.2, 0.25) is 0 Å². The van der Waals surface area contributed by atoms with E-state index in [4.69, 9.17) is 5.73 Å². The van der Waals surface area contributed by atoms with Crippen molar-refractivity contribution in [3.05, 3.63) is 11.3 Å². The average Bonchev–Trinajstić information content (AvgIpc) is 2.18. The lowest BCUT2D eigenvalue weighted by Gasteiger charge is -1.96. The Hall–Kier alpha value is -0.630. The van der Waals surface area contributed by atoms with Crippen LogP contribution in [0.15, 0.2) is 16.3 Å². The molecular formula is C7H12N2. The molecule has 0 radical (unpaired) electrons. The Morgan fingerprint density at radius 2 is 2.56 bits per heavy atom. The van der Waals surface area contributed by atoms with Crippen molar-refractivity contribution in [3.63, 3.8) is 0 Å². The first kappa shape index (κ1) is 6.49. The summed E-state index contributed by atoms with van der Waals surface area (Å²) in [5.74, 6) is 0. The lowest BCUT2D eigenvalue weighted by molar-refractivity contribution is 0.924. The molecule has 0 fully saturated rings. The molecular weight excluding hydrogens is 112 g/mol. The number of nitrogens with two attached hydrogens (primary N) is 1. The highest BCUT2D eigenvalue weighted by Gasteiger charge is 2.03. The second-order valence-corrected chi connectivity index (χ2v) is 2.24. The second kappa shape index (κ2) is 2.78. The van der Waals surface area contributed by atoms with Crippen LogP contribution in [0.25, 0.3) is 0 Å². The van der Waals surface area contributed by atoms with Crippen LogP contribution >= 0.6 is 0 Å². The Balaban J connectivity index is 2.51. The van der Waals surface area contributed by atoms with Crippen LogP contribution in [-0.4, -0.2) is 12.8 Å². The molecule has 0 aliphatic carbocycles. The largest absolute Gasteiger partial charge is 0.330 e. The third-order valence-corrected chi connectivity index (χ3v) is 1.58. The van der Waals surface area contributed by atoms with Gasteiger partial charge in [0.25, 0.3) is 0 Å². The molecule has 2 heteroatoms. The van der Waals surface area contributed by atoms with E-state index in [1.54, 1.807) is 0 Å². The Morgan fingerprint density at radius 1 is 1.78 bits per heavy atom.